The van der Waals surface area contributed by atoms with Crippen LogP contribution in [0.3, 0.4) is 0 Å². The van der Waals surface area contributed by atoms with Gasteiger partial charge >= 0.3 is 0 Å². The molecule has 37 heavy (non-hydrogen) atoms. The molecule has 0 fully saturated rings. The molecule has 0 saturated heterocycles. The maximum absolute atomic E-state index is 6.35. The Balaban J connectivity index is 1.52. The summed E-state index contributed by atoms with van der Waals surface area (Å²) >= 11 is 0. The molecule has 0 atom stereocenters. The average Bonchev–Trinajstić information content (AvgIpc) is 2.94. The SMILES string of the molecule is CCCCCCCCc1ccc(OC(Oc2ccc(CCCCCCCC)cc2)c2ccccc2)cc1. The zero-order chi connectivity index (χ0) is 26.0. The van der Waals surface area contributed by atoms with E-state index < -0.39 is 6.29 Å². The molecule has 0 amide bonds. The second-order valence-electron chi connectivity index (χ2n) is 10.3. The smallest absolute Gasteiger partial charge is 0.267 e. The highest BCUT2D eigenvalue weighted by Crippen LogP contribution is 2.27. The topological polar surface area (TPSA) is 18.5 Å². The zero-order valence-corrected chi connectivity index (χ0v) is 23.3. The Morgan fingerprint density at radius 3 is 1.30 bits per heavy atom. The van der Waals surface area contributed by atoms with Gasteiger partial charge < -0.3 is 9.47 Å². The third-order valence-electron chi connectivity index (χ3n) is 7.04. The van der Waals surface area contributed by atoms with Crippen LogP contribution in [0.2, 0.25) is 0 Å². The number of hydrogen-bond acceptors (Lipinski definition) is 2. The van der Waals surface area contributed by atoms with Crippen LogP contribution >= 0.6 is 0 Å². The second kappa shape index (κ2) is 17.7. The lowest BCUT2D eigenvalue weighted by Crippen LogP contribution is -2.15. The molecule has 0 N–H and O–H groups in total. The predicted molar refractivity (Wildman–Crippen MR) is 157 cm³/mol. The van der Waals surface area contributed by atoms with E-state index in [9.17, 15) is 0 Å². The molecule has 3 rings (SSSR count). The summed E-state index contributed by atoms with van der Waals surface area (Å²) < 4.78 is 12.7. The highest BCUT2D eigenvalue weighted by molar-refractivity contribution is 5.31. The van der Waals surface area contributed by atoms with Gasteiger partial charge in [-0.05, 0) is 61.1 Å². The highest BCUT2D eigenvalue weighted by Gasteiger charge is 2.15. The summed E-state index contributed by atoms with van der Waals surface area (Å²) in [4.78, 5) is 0. The minimum absolute atomic E-state index is 0.491. The summed E-state index contributed by atoms with van der Waals surface area (Å²) in [5.74, 6) is 1.67. The number of ether oxygens (including phenoxy) is 2. The van der Waals surface area contributed by atoms with E-state index in [1.807, 2.05) is 18.2 Å². The first-order chi connectivity index (χ1) is 18.3. The standard InChI is InChI=1S/C35H48O2/c1-3-5-7-9-11-14-18-30-22-26-33(27-23-30)36-35(32-20-16-13-17-21-32)37-34-28-24-31(25-29-34)19-15-12-10-8-6-4-2/h13,16-17,20-29,35H,3-12,14-15,18-19H2,1-2H3. The van der Waals surface area contributed by atoms with Crippen molar-refractivity contribution >= 4 is 0 Å². The van der Waals surface area contributed by atoms with E-state index in [1.165, 1.54) is 88.2 Å². The summed E-state index contributed by atoms with van der Waals surface area (Å²) in [7, 11) is 0. The summed E-state index contributed by atoms with van der Waals surface area (Å²) in [6.45, 7) is 4.54. The molecule has 0 aromatic heterocycles. The van der Waals surface area contributed by atoms with Crippen molar-refractivity contribution in [2.75, 3.05) is 0 Å². The van der Waals surface area contributed by atoms with Gasteiger partial charge in [-0.25, -0.2) is 0 Å². The molecular formula is C35H48O2. The predicted octanol–water partition coefficient (Wildman–Crippen LogP) is 10.6. The van der Waals surface area contributed by atoms with Gasteiger partial charge in [0.1, 0.15) is 11.5 Å². The van der Waals surface area contributed by atoms with Crippen molar-refractivity contribution < 1.29 is 9.47 Å². The van der Waals surface area contributed by atoms with Gasteiger partial charge in [-0.15, -0.1) is 0 Å². The molecule has 0 heterocycles. The molecule has 3 aromatic carbocycles. The minimum atomic E-state index is -0.491. The number of aryl methyl sites for hydroxylation is 2. The maximum atomic E-state index is 6.35. The van der Waals surface area contributed by atoms with Gasteiger partial charge in [-0.2, -0.15) is 0 Å². The molecule has 0 aliphatic carbocycles. The summed E-state index contributed by atoms with van der Waals surface area (Å²) in [5, 5.41) is 0. The normalized spacial score (nSPS) is 11.1. The maximum Gasteiger partial charge on any atom is 0.267 e. The van der Waals surface area contributed by atoms with Crippen LogP contribution in [0.4, 0.5) is 0 Å². The molecule has 200 valence electrons. The van der Waals surface area contributed by atoms with Crippen LogP contribution in [0.25, 0.3) is 0 Å². The van der Waals surface area contributed by atoms with Crippen LogP contribution in [0, 0.1) is 0 Å². The Bertz CT molecular complexity index is 885. The number of rotatable bonds is 19. The van der Waals surface area contributed by atoms with Crippen molar-refractivity contribution in [2.45, 2.75) is 110 Å². The first-order valence-electron chi connectivity index (χ1n) is 14.8. The first kappa shape index (κ1) is 28.8. The van der Waals surface area contributed by atoms with Gasteiger partial charge in [0.05, 0.1) is 0 Å². The van der Waals surface area contributed by atoms with E-state index in [0.717, 1.165) is 29.9 Å². The van der Waals surface area contributed by atoms with E-state index in [1.54, 1.807) is 0 Å². The molecule has 2 heteroatoms. The van der Waals surface area contributed by atoms with Crippen LogP contribution in [0.5, 0.6) is 11.5 Å². The quantitative estimate of drug-likeness (QED) is 0.120. The second-order valence-corrected chi connectivity index (χ2v) is 10.3. The van der Waals surface area contributed by atoms with Crippen LogP contribution in [0.1, 0.15) is 114 Å². The van der Waals surface area contributed by atoms with Crippen molar-refractivity contribution in [3.05, 3.63) is 95.6 Å². The molecule has 3 aromatic rings. The van der Waals surface area contributed by atoms with Gasteiger partial charge in [0.2, 0.25) is 0 Å². The zero-order valence-electron chi connectivity index (χ0n) is 23.3. The first-order valence-corrected chi connectivity index (χ1v) is 14.8. The third-order valence-corrected chi connectivity index (χ3v) is 7.04. The summed E-state index contributed by atoms with van der Waals surface area (Å²) in [5.41, 5.74) is 3.76. The van der Waals surface area contributed by atoms with Crippen molar-refractivity contribution in [2.24, 2.45) is 0 Å². The summed E-state index contributed by atoms with van der Waals surface area (Å²) in [6, 6.07) is 27.3. The Morgan fingerprint density at radius 1 is 0.459 bits per heavy atom. The van der Waals surface area contributed by atoms with Crippen LogP contribution in [-0.2, 0) is 12.8 Å². The molecule has 0 spiro atoms. The molecule has 0 aliphatic heterocycles. The number of hydrogen-bond donors (Lipinski definition) is 0. The van der Waals surface area contributed by atoms with Gasteiger partial charge in [0.25, 0.3) is 6.29 Å². The van der Waals surface area contributed by atoms with Crippen LogP contribution in [-0.4, -0.2) is 0 Å². The largest absolute Gasteiger partial charge is 0.451 e. The van der Waals surface area contributed by atoms with E-state index in [0.29, 0.717) is 0 Å². The molecule has 0 saturated carbocycles. The van der Waals surface area contributed by atoms with Crippen LogP contribution < -0.4 is 9.47 Å². The fourth-order valence-corrected chi connectivity index (χ4v) is 4.71. The number of unbranched alkanes of at least 4 members (excludes halogenated alkanes) is 10. The molecule has 0 unspecified atom stereocenters. The van der Waals surface area contributed by atoms with Crippen molar-refractivity contribution in [3.63, 3.8) is 0 Å². The minimum Gasteiger partial charge on any atom is -0.451 e. The lowest BCUT2D eigenvalue weighted by molar-refractivity contribution is 0.00379. The summed E-state index contributed by atoms with van der Waals surface area (Å²) in [6.07, 6.45) is 17.7. The number of benzene rings is 3. The van der Waals surface area contributed by atoms with E-state index in [-0.39, 0.29) is 0 Å². The Morgan fingerprint density at radius 2 is 0.865 bits per heavy atom. The van der Waals surface area contributed by atoms with Gasteiger partial charge in [0, 0.05) is 5.56 Å². The van der Waals surface area contributed by atoms with Crippen molar-refractivity contribution in [1.29, 1.82) is 0 Å². The Hall–Kier alpha value is -2.74. The molecule has 0 aliphatic rings. The van der Waals surface area contributed by atoms with Gasteiger partial charge in [-0.3, -0.25) is 0 Å². The highest BCUT2D eigenvalue weighted by atomic mass is 16.7. The Kier molecular flexibility index (Phi) is 13.8. The lowest BCUT2D eigenvalue weighted by atomic mass is 10.0. The monoisotopic (exact) mass is 500 g/mol. The van der Waals surface area contributed by atoms with Gasteiger partial charge in [-0.1, -0.05) is 133 Å². The molecule has 0 radical (unpaired) electrons. The average molecular weight is 501 g/mol. The van der Waals surface area contributed by atoms with Crippen molar-refractivity contribution in [3.8, 4) is 11.5 Å². The van der Waals surface area contributed by atoms with E-state index in [4.69, 9.17) is 9.47 Å². The van der Waals surface area contributed by atoms with Gasteiger partial charge in [0.15, 0.2) is 0 Å². The Labute approximate surface area is 226 Å². The van der Waals surface area contributed by atoms with Crippen molar-refractivity contribution in [1.82, 2.24) is 0 Å². The van der Waals surface area contributed by atoms with E-state index >= 15 is 0 Å². The van der Waals surface area contributed by atoms with E-state index in [2.05, 4.69) is 74.5 Å². The lowest BCUT2D eigenvalue weighted by Gasteiger charge is -2.21. The fraction of sp³-hybridized carbons (Fsp3) is 0.486. The van der Waals surface area contributed by atoms with Crippen LogP contribution in [0.15, 0.2) is 78.9 Å². The fourth-order valence-electron chi connectivity index (χ4n) is 4.71. The molecular weight excluding hydrogens is 452 g/mol. The third kappa shape index (κ3) is 11.5. The molecule has 2 nitrogen and oxygen atoms in total. The molecule has 0 bridgehead atoms.